The van der Waals surface area contributed by atoms with E-state index >= 15 is 0 Å². The lowest BCUT2D eigenvalue weighted by atomic mass is 10.1. The largest absolute Gasteiger partial charge is 0.480 e. The topological polar surface area (TPSA) is 81.0 Å². The van der Waals surface area contributed by atoms with Gasteiger partial charge in [-0.3, -0.25) is 4.79 Å². The first kappa shape index (κ1) is 15.6. The summed E-state index contributed by atoms with van der Waals surface area (Å²) in [5.41, 5.74) is 2.21. The maximum absolute atomic E-state index is 12.3. The number of H-pyrrole nitrogens is 1. The Labute approximate surface area is 144 Å². The number of nitrogens with one attached hydrogen (secondary N) is 1. The fourth-order valence-corrected chi connectivity index (χ4v) is 3.04. The molecule has 0 radical (unpaired) electrons. The van der Waals surface area contributed by atoms with Gasteiger partial charge in [-0.25, -0.2) is 0 Å². The van der Waals surface area contributed by atoms with Crippen LogP contribution in [0.1, 0.15) is 37.1 Å². The van der Waals surface area contributed by atoms with Crippen LogP contribution < -0.4 is 10.3 Å². The maximum atomic E-state index is 12.3. The van der Waals surface area contributed by atoms with E-state index < -0.39 is 0 Å². The lowest BCUT2D eigenvalue weighted by molar-refractivity contribution is 0.183. The molecule has 1 N–H and O–H groups in total. The van der Waals surface area contributed by atoms with Crippen molar-refractivity contribution in [3.05, 3.63) is 63.9 Å². The SMILES string of the molecule is CC(C)Cc1ccc(-c2noc(C3Cc4ccccc4O3)n2)c(=O)[nH]1. The van der Waals surface area contributed by atoms with Crippen LogP contribution in [0.2, 0.25) is 0 Å². The molecule has 3 heterocycles. The minimum atomic E-state index is -0.307. The highest BCUT2D eigenvalue weighted by Gasteiger charge is 2.29. The van der Waals surface area contributed by atoms with E-state index in [0.717, 1.165) is 23.4 Å². The Morgan fingerprint density at radius 3 is 2.84 bits per heavy atom. The van der Waals surface area contributed by atoms with Gasteiger partial charge in [0.15, 0.2) is 6.10 Å². The minimum absolute atomic E-state index is 0.207. The summed E-state index contributed by atoms with van der Waals surface area (Å²) in [6.07, 6.45) is 1.20. The summed E-state index contributed by atoms with van der Waals surface area (Å²) in [5, 5.41) is 3.96. The molecule has 1 aromatic carbocycles. The Morgan fingerprint density at radius 2 is 2.08 bits per heavy atom. The summed E-state index contributed by atoms with van der Waals surface area (Å²) >= 11 is 0. The Hall–Kier alpha value is -2.89. The van der Waals surface area contributed by atoms with Gasteiger partial charge in [-0.05, 0) is 36.1 Å². The average molecular weight is 337 g/mol. The van der Waals surface area contributed by atoms with Crippen molar-refractivity contribution < 1.29 is 9.26 Å². The summed E-state index contributed by atoms with van der Waals surface area (Å²) in [6.45, 7) is 4.22. The predicted molar refractivity (Wildman–Crippen MR) is 92.4 cm³/mol. The summed E-state index contributed by atoms with van der Waals surface area (Å²) in [7, 11) is 0. The zero-order valence-corrected chi connectivity index (χ0v) is 14.2. The standard InChI is InChI=1S/C19H19N3O3/c1-11(2)9-13-7-8-14(18(23)20-13)17-21-19(25-22-17)16-10-12-5-3-4-6-15(12)24-16/h3-8,11,16H,9-10H2,1-2H3,(H,20,23). The summed E-state index contributed by atoms with van der Waals surface area (Å²) in [6, 6.07) is 11.5. The molecule has 1 aliphatic heterocycles. The number of rotatable bonds is 4. The van der Waals surface area contributed by atoms with Gasteiger partial charge in [0.2, 0.25) is 5.82 Å². The molecule has 0 aliphatic carbocycles. The van der Waals surface area contributed by atoms with E-state index in [-0.39, 0.29) is 17.5 Å². The van der Waals surface area contributed by atoms with E-state index in [1.807, 2.05) is 30.3 Å². The second kappa shape index (κ2) is 6.20. The number of fused-ring (bicyclic) bond motifs is 1. The number of ether oxygens (including phenoxy) is 1. The van der Waals surface area contributed by atoms with Crippen molar-refractivity contribution in [1.29, 1.82) is 0 Å². The fraction of sp³-hybridized carbons (Fsp3) is 0.316. The molecule has 128 valence electrons. The molecule has 0 saturated carbocycles. The van der Waals surface area contributed by atoms with Crippen LogP contribution in [0.25, 0.3) is 11.4 Å². The van der Waals surface area contributed by atoms with E-state index in [1.165, 1.54) is 0 Å². The molecule has 0 saturated heterocycles. The zero-order chi connectivity index (χ0) is 17.4. The van der Waals surface area contributed by atoms with Gasteiger partial charge in [0.25, 0.3) is 11.4 Å². The number of benzene rings is 1. The highest BCUT2D eigenvalue weighted by Crippen LogP contribution is 2.35. The van der Waals surface area contributed by atoms with Crippen molar-refractivity contribution in [3.63, 3.8) is 0 Å². The maximum Gasteiger partial charge on any atom is 0.268 e. The highest BCUT2D eigenvalue weighted by atomic mass is 16.5. The molecule has 3 aromatic rings. The molecule has 0 amide bonds. The predicted octanol–water partition coefficient (Wildman–Crippen LogP) is 3.30. The lowest BCUT2D eigenvalue weighted by Gasteiger charge is -2.05. The van der Waals surface area contributed by atoms with E-state index in [0.29, 0.717) is 23.8 Å². The second-order valence-corrected chi connectivity index (χ2v) is 6.70. The van der Waals surface area contributed by atoms with Crippen molar-refractivity contribution in [3.8, 4) is 17.1 Å². The van der Waals surface area contributed by atoms with Gasteiger partial charge in [-0.2, -0.15) is 4.98 Å². The number of hydrogen-bond acceptors (Lipinski definition) is 5. The van der Waals surface area contributed by atoms with Gasteiger partial charge in [-0.15, -0.1) is 0 Å². The van der Waals surface area contributed by atoms with Crippen molar-refractivity contribution in [2.75, 3.05) is 0 Å². The van der Waals surface area contributed by atoms with Crippen LogP contribution in [0.4, 0.5) is 0 Å². The molecule has 25 heavy (non-hydrogen) atoms. The summed E-state index contributed by atoms with van der Waals surface area (Å²) < 4.78 is 11.2. The Bertz CT molecular complexity index is 933. The zero-order valence-electron chi connectivity index (χ0n) is 14.2. The summed E-state index contributed by atoms with van der Waals surface area (Å²) in [4.78, 5) is 19.6. The molecule has 6 heteroatoms. The number of hydrogen-bond donors (Lipinski definition) is 1. The second-order valence-electron chi connectivity index (χ2n) is 6.70. The third kappa shape index (κ3) is 3.07. The van der Waals surface area contributed by atoms with Gasteiger partial charge in [0, 0.05) is 12.1 Å². The first-order valence-electron chi connectivity index (χ1n) is 8.41. The fourth-order valence-electron chi connectivity index (χ4n) is 3.04. The van der Waals surface area contributed by atoms with Crippen LogP contribution in [-0.2, 0) is 12.8 Å². The first-order chi connectivity index (χ1) is 12.1. The molecule has 1 atom stereocenters. The van der Waals surface area contributed by atoms with Crippen LogP contribution in [0.15, 0.2) is 45.7 Å². The number of nitrogens with zero attached hydrogens (tertiary/aromatic N) is 2. The van der Waals surface area contributed by atoms with Gasteiger partial charge < -0.3 is 14.2 Å². The van der Waals surface area contributed by atoms with E-state index in [2.05, 4.69) is 29.0 Å². The van der Waals surface area contributed by atoms with Crippen LogP contribution in [0.5, 0.6) is 5.75 Å². The molecule has 4 rings (SSSR count). The van der Waals surface area contributed by atoms with Crippen LogP contribution in [-0.4, -0.2) is 15.1 Å². The molecule has 1 unspecified atom stereocenters. The van der Waals surface area contributed by atoms with Crippen molar-refractivity contribution >= 4 is 0 Å². The molecule has 6 nitrogen and oxygen atoms in total. The number of para-hydroxylation sites is 1. The third-order valence-electron chi connectivity index (χ3n) is 4.20. The van der Waals surface area contributed by atoms with Crippen LogP contribution >= 0.6 is 0 Å². The van der Waals surface area contributed by atoms with Crippen LogP contribution in [0.3, 0.4) is 0 Å². The van der Waals surface area contributed by atoms with E-state index in [1.54, 1.807) is 6.07 Å². The van der Waals surface area contributed by atoms with E-state index in [4.69, 9.17) is 9.26 Å². The molecule has 0 bridgehead atoms. The minimum Gasteiger partial charge on any atom is -0.480 e. The van der Waals surface area contributed by atoms with Crippen molar-refractivity contribution in [2.45, 2.75) is 32.8 Å². The average Bonchev–Trinajstić information content (AvgIpc) is 3.21. The highest BCUT2D eigenvalue weighted by molar-refractivity contribution is 5.52. The van der Waals surface area contributed by atoms with Gasteiger partial charge in [-0.1, -0.05) is 37.2 Å². The molecular formula is C19H19N3O3. The summed E-state index contributed by atoms with van der Waals surface area (Å²) in [5.74, 6) is 1.98. The molecular weight excluding hydrogens is 318 g/mol. The molecule has 1 aliphatic rings. The van der Waals surface area contributed by atoms with E-state index in [9.17, 15) is 4.79 Å². The first-order valence-corrected chi connectivity index (χ1v) is 8.41. The Balaban J connectivity index is 1.57. The number of pyridine rings is 1. The Morgan fingerprint density at radius 1 is 1.24 bits per heavy atom. The smallest absolute Gasteiger partial charge is 0.268 e. The van der Waals surface area contributed by atoms with Crippen molar-refractivity contribution in [2.24, 2.45) is 5.92 Å². The third-order valence-corrected chi connectivity index (χ3v) is 4.20. The lowest BCUT2D eigenvalue weighted by Crippen LogP contribution is -2.13. The monoisotopic (exact) mass is 337 g/mol. The molecule has 0 fully saturated rings. The molecule has 2 aromatic heterocycles. The quantitative estimate of drug-likeness (QED) is 0.790. The number of aromatic nitrogens is 3. The Kier molecular flexibility index (Phi) is 3.87. The van der Waals surface area contributed by atoms with Gasteiger partial charge >= 0.3 is 0 Å². The normalized spacial score (nSPS) is 16.0. The van der Waals surface area contributed by atoms with Gasteiger partial charge in [0.1, 0.15) is 5.75 Å². The van der Waals surface area contributed by atoms with Crippen LogP contribution in [0, 0.1) is 5.92 Å². The molecule has 0 spiro atoms. The van der Waals surface area contributed by atoms with Gasteiger partial charge in [0.05, 0.1) is 5.56 Å². The number of aromatic amines is 1. The van der Waals surface area contributed by atoms with Crippen molar-refractivity contribution in [1.82, 2.24) is 15.1 Å².